The molecule has 0 aliphatic carbocycles. The molecule has 0 radical (unpaired) electrons. The normalized spacial score (nSPS) is 16.6. The SMILES string of the molecule is Cc1ccc(CN2CC[C@H](CNC(=O)CSc3nc4ccccc4n(C)c3=O)C2)cc1. The van der Waals surface area contributed by atoms with Crippen molar-refractivity contribution in [1.29, 1.82) is 0 Å². The van der Waals surface area contributed by atoms with E-state index in [-0.39, 0.29) is 17.2 Å². The zero-order chi connectivity index (χ0) is 21.8. The second-order valence-corrected chi connectivity index (χ2v) is 9.20. The van der Waals surface area contributed by atoms with E-state index in [9.17, 15) is 9.59 Å². The highest BCUT2D eigenvalue weighted by atomic mass is 32.2. The van der Waals surface area contributed by atoms with E-state index >= 15 is 0 Å². The number of likely N-dealkylation sites (tertiary alicyclic amines) is 1. The molecule has 0 saturated carbocycles. The highest BCUT2D eigenvalue weighted by Crippen LogP contribution is 2.19. The second-order valence-electron chi connectivity index (χ2n) is 8.24. The first kappa shape index (κ1) is 21.6. The first-order valence-corrected chi connectivity index (χ1v) is 11.6. The minimum atomic E-state index is -0.168. The van der Waals surface area contributed by atoms with Crippen LogP contribution < -0.4 is 10.9 Å². The summed E-state index contributed by atoms with van der Waals surface area (Å²) >= 11 is 1.20. The Labute approximate surface area is 186 Å². The lowest BCUT2D eigenvalue weighted by atomic mass is 10.1. The number of aromatic nitrogens is 2. The summed E-state index contributed by atoms with van der Waals surface area (Å²) in [4.78, 5) is 31.8. The van der Waals surface area contributed by atoms with Gasteiger partial charge < -0.3 is 9.88 Å². The standard InChI is InChI=1S/C24H28N4O2S/c1-17-7-9-18(10-8-17)14-28-12-11-19(15-28)13-25-22(29)16-31-23-24(30)27(2)21-6-4-3-5-20(21)26-23/h3-10,19H,11-16H2,1-2H3,(H,25,29)/t19-/m1/s1. The third-order valence-corrected chi connectivity index (χ3v) is 6.72. The summed E-state index contributed by atoms with van der Waals surface area (Å²) in [5, 5.41) is 3.40. The number of nitrogens with one attached hydrogen (secondary N) is 1. The molecule has 0 spiro atoms. The molecule has 1 atom stereocenters. The Morgan fingerprint density at radius 1 is 1.19 bits per heavy atom. The fourth-order valence-corrected chi connectivity index (χ4v) is 4.76. The van der Waals surface area contributed by atoms with E-state index in [2.05, 4.69) is 46.4 Å². The van der Waals surface area contributed by atoms with Gasteiger partial charge in [0, 0.05) is 26.7 Å². The molecule has 4 rings (SSSR count). The van der Waals surface area contributed by atoms with Gasteiger partial charge in [0.15, 0.2) is 5.03 Å². The summed E-state index contributed by atoms with van der Waals surface area (Å²) < 4.78 is 1.59. The zero-order valence-corrected chi connectivity index (χ0v) is 18.8. The van der Waals surface area contributed by atoms with E-state index in [1.165, 1.54) is 22.9 Å². The molecule has 1 saturated heterocycles. The molecule has 0 unspecified atom stereocenters. The Hall–Kier alpha value is -2.64. The fraction of sp³-hybridized carbons (Fsp3) is 0.375. The summed E-state index contributed by atoms with van der Waals surface area (Å²) in [6.07, 6.45) is 1.09. The predicted octanol–water partition coefficient (Wildman–Crippen LogP) is 2.97. The number of benzene rings is 2. The minimum absolute atomic E-state index is 0.0565. The van der Waals surface area contributed by atoms with Gasteiger partial charge in [-0.1, -0.05) is 53.7 Å². The van der Waals surface area contributed by atoms with E-state index in [4.69, 9.17) is 0 Å². The van der Waals surface area contributed by atoms with E-state index in [1.807, 2.05) is 24.3 Å². The predicted molar refractivity (Wildman–Crippen MR) is 125 cm³/mol. The molecule has 3 aromatic rings. The van der Waals surface area contributed by atoms with Crippen LogP contribution in [0.25, 0.3) is 11.0 Å². The average Bonchev–Trinajstić information content (AvgIpc) is 3.23. The van der Waals surface area contributed by atoms with E-state index in [1.54, 1.807) is 11.6 Å². The molecule has 1 aliphatic heterocycles. The number of amides is 1. The van der Waals surface area contributed by atoms with Gasteiger partial charge in [-0.2, -0.15) is 0 Å². The molecule has 6 nitrogen and oxygen atoms in total. The molecule has 2 aromatic carbocycles. The largest absolute Gasteiger partial charge is 0.355 e. The number of hydrogen-bond donors (Lipinski definition) is 1. The molecule has 1 N–H and O–H groups in total. The Morgan fingerprint density at radius 2 is 1.97 bits per heavy atom. The maximum atomic E-state index is 12.5. The highest BCUT2D eigenvalue weighted by molar-refractivity contribution is 7.99. The zero-order valence-electron chi connectivity index (χ0n) is 18.0. The van der Waals surface area contributed by atoms with Gasteiger partial charge in [0.05, 0.1) is 16.8 Å². The van der Waals surface area contributed by atoms with Crippen molar-refractivity contribution < 1.29 is 4.79 Å². The summed E-state index contributed by atoms with van der Waals surface area (Å²) in [6.45, 7) is 5.78. The van der Waals surface area contributed by atoms with Crippen molar-refractivity contribution in [2.45, 2.75) is 24.9 Å². The van der Waals surface area contributed by atoms with Gasteiger partial charge in [-0.15, -0.1) is 0 Å². The van der Waals surface area contributed by atoms with Crippen LogP contribution in [0.4, 0.5) is 0 Å². The van der Waals surface area contributed by atoms with Gasteiger partial charge in [0.2, 0.25) is 5.91 Å². The first-order valence-electron chi connectivity index (χ1n) is 10.6. The Balaban J connectivity index is 1.25. The number of aryl methyl sites for hydroxylation is 2. The van der Waals surface area contributed by atoms with Crippen LogP contribution in [0.3, 0.4) is 0 Å². The van der Waals surface area contributed by atoms with Gasteiger partial charge >= 0.3 is 0 Å². The number of nitrogens with zero attached hydrogens (tertiary/aromatic N) is 3. The monoisotopic (exact) mass is 436 g/mol. The van der Waals surface area contributed by atoms with Crippen LogP contribution in [0.15, 0.2) is 58.4 Å². The topological polar surface area (TPSA) is 67.2 Å². The van der Waals surface area contributed by atoms with E-state index < -0.39 is 0 Å². The van der Waals surface area contributed by atoms with Gasteiger partial charge in [0.25, 0.3) is 5.56 Å². The van der Waals surface area contributed by atoms with Crippen molar-refractivity contribution in [2.75, 3.05) is 25.4 Å². The van der Waals surface area contributed by atoms with Crippen molar-refractivity contribution in [3.8, 4) is 0 Å². The molecule has 0 bridgehead atoms. The maximum absolute atomic E-state index is 12.5. The second kappa shape index (κ2) is 9.66. The smallest absolute Gasteiger partial charge is 0.283 e. The highest BCUT2D eigenvalue weighted by Gasteiger charge is 2.23. The molecule has 162 valence electrons. The van der Waals surface area contributed by atoms with Gasteiger partial charge in [-0.25, -0.2) is 4.98 Å². The Bertz CT molecular complexity index is 1130. The number of rotatable bonds is 7. The van der Waals surface area contributed by atoms with Crippen LogP contribution in [0, 0.1) is 12.8 Å². The molecule has 7 heteroatoms. The Morgan fingerprint density at radius 3 is 2.77 bits per heavy atom. The number of hydrogen-bond acceptors (Lipinski definition) is 5. The lowest BCUT2D eigenvalue weighted by Crippen LogP contribution is -2.32. The number of para-hydroxylation sites is 2. The van der Waals surface area contributed by atoms with Crippen LogP contribution in [0.2, 0.25) is 0 Å². The van der Waals surface area contributed by atoms with Crippen molar-refractivity contribution in [3.63, 3.8) is 0 Å². The van der Waals surface area contributed by atoms with Crippen molar-refractivity contribution in [3.05, 3.63) is 70.0 Å². The van der Waals surface area contributed by atoms with E-state index in [0.717, 1.165) is 37.1 Å². The molecular formula is C24H28N4O2S. The summed E-state index contributed by atoms with van der Waals surface area (Å²) in [7, 11) is 1.74. The third kappa shape index (κ3) is 5.35. The number of carbonyl (C=O) groups is 1. The van der Waals surface area contributed by atoms with Crippen molar-refractivity contribution >= 4 is 28.7 Å². The van der Waals surface area contributed by atoms with Gasteiger partial charge in [-0.05, 0) is 43.5 Å². The number of fused-ring (bicyclic) bond motifs is 1. The average molecular weight is 437 g/mol. The third-order valence-electron chi connectivity index (χ3n) is 5.78. The summed E-state index contributed by atoms with van der Waals surface area (Å²) in [5.41, 5.74) is 3.99. The van der Waals surface area contributed by atoms with Crippen molar-refractivity contribution in [1.82, 2.24) is 19.8 Å². The molecular weight excluding hydrogens is 408 g/mol. The lowest BCUT2D eigenvalue weighted by molar-refractivity contribution is -0.118. The molecule has 1 fully saturated rings. The summed E-state index contributed by atoms with van der Waals surface area (Å²) in [5.74, 6) is 0.602. The van der Waals surface area contributed by atoms with Gasteiger partial charge in [-0.3, -0.25) is 14.5 Å². The lowest BCUT2D eigenvalue weighted by Gasteiger charge is -2.16. The number of thioether (sulfide) groups is 1. The van der Waals surface area contributed by atoms with Crippen LogP contribution in [-0.2, 0) is 18.4 Å². The van der Waals surface area contributed by atoms with E-state index in [0.29, 0.717) is 17.5 Å². The maximum Gasteiger partial charge on any atom is 0.283 e. The number of carbonyl (C=O) groups excluding carboxylic acids is 1. The molecule has 31 heavy (non-hydrogen) atoms. The summed E-state index contributed by atoms with van der Waals surface area (Å²) in [6, 6.07) is 16.2. The van der Waals surface area contributed by atoms with Crippen LogP contribution >= 0.6 is 11.8 Å². The quantitative estimate of drug-likeness (QED) is 0.577. The van der Waals surface area contributed by atoms with Crippen LogP contribution in [-0.4, -0.2) is 45.7 Å². The molecule has 1 aliphatic rings. The molecule has 1 amide bonds. The van der Waals surface area contributed by atoms with Gasteiger partial charge in [0.1, 0.15) is 0 Å². The molecule has 2 heterocycles. The van der Waals surface area contributed by atoms with Crippen LogP contribution in [0.1, 0.15) is 17.5 Å². The van der Waals surface area contributed by atoms with Crippen molar-refractivity contribution in [2.24, 2.45) is 13.0 Å². The minimum Gasteiger partial charge on any atom is -0.355 e. The fourth-order valence-electron chi connectivity index (χ4n) is 3.96. The first-order chi connectivity index (χ1) is 15.0. The Kier molecular flexibility index (Phi) is 6.73. The molecule has 1 aromatic heterocycles. The van der Waals surface area contributed by atoms with Crippen LogP contribution in [0.5, 0.6) is 0 Å².